The minimum Gasteiger partial charge on any atom is -0.494 e. The third-order valence-corrected chi connectivity index (χ3v) is 9.42. The van der Waals surface area contributed by atoms with E-state index in [1.165, 1.54) is 17.0 Å². The molecule has 0 saturated heterocycles. The normalized spacial score (nSPS) is 12.7. The predicted molar refractivity (Wildman–Crippen MR) is 170 cm³/mol. The highest BCUT2D eigenvalue weighted by atomic mass is 79.9. The summed E-state index contributed by atoms with van der Waals surface area (Å²) >= 11 is 3.35. The molecule has 226 valence electrons. The van der Waals surface area contributed by atoms with E-state index in [2.05, 4.69) is 21.2 Å². The molecule has 0 aliphatic carbocycles. The number of benzene rings is 3. The van der Waals surface area contributed by atoms with E-state index in [0.29, 0.717) is 24.5 Å². The van der Waals surface area contributed by atoms with E-state index in [9.17, 15) is 18.0 Å². The van der Waals surface area contributed by atoms with Crippen LogP contribution in [0.4, 0.5) is 5.69 Å². The van der Waals surface area contributed by atoms with Gasteiger partial charge in [0.2, 0.25) is 11.8 Å². The van der Waals surface area contributed by atoms with Crippen LogP contribution in [0.25, 0.3) is 0 Å². The summed E-state index contributed by atoms with van der Waals surface area (Å²) in [6.07, 6.45) is 1.10. The number of carbonyl (C=O) groups excluding carboxylic acids is 2. The number of hydrogen-bond acceptors (Lipinski definition) is 5. The molecule has 0 bridgehead atoms. The van der Waals surface area contributed by atoms with E-state index in [4.69, 9.17) is 4.74 Å². The van der Waals surface area contributed by atoms with Crippen molar-refractivity contribution in [2.45, 2.75) is 71.0 Å². The number of rotatable bonds is 14. The molecule has 3 aromatic rings. The van der Waals surface area contributed by atoms with Crippen LogP contribution in [-0.2, 0) is 26.2 Å². The molecule has 3 rings (SSSR count). The van der Waals surface area contributed by atoms with Crippen molar-refractivity contribution in [3.63, 3.8) is 0 Å². The number of amides is 2. The minimum absolute atomic E-state index is 0.0411. The first-order valence-corrected chi connectivity index (χ1v) is 16.4. The number of halogens is 1. The molecule has 42 heavy (non-hydrogen) atoms. The summed E-state index contributed by atoms with van der Waals surface area (Å²) in [4.78, 5) is 29.2. The highest BCUT2D eigenvalue weighted by Crippen LogP contribution is 2.28. The van der Waals surface area contributed by atoms with Crippen molar-refractivity contribution >= 4 is 43.5 Å². The standard InChI is InChI=1S/C32H40BrN3O5S/c1-6-24(5)34-32(38)30(7-2)35(21-25-12-10-9-11-23(25)4)31(37)22-36(27-15-17-28(18-16-27)41-8-3)42(39,40)29-19-13-26(33)14-20-29/h9-20,24,30H,6-8,21-22H2,1-5H3,(H,34,38)/t24-,30-/m0/s1. The largest absolute Gasteiger partial charge is 0.494 e. The van der Waals surface area contributed by atoms with Gasteiger partial charge in [-0.15, -0.1) is 0 Å². The molecule has 0 aliphatic heterocycles. The number of ether oxygens (including phenoxy) is 1. The Hall–Kier alpha value is -3.37. The molecular formula is C32H40BrN3O5S. The van der Waals surface area contributed by atoms with Crippen LogP contribution < -0.4 is 14.4 Å². The van der Waals surface area contributed by atoms with Gasteiger partial charge in [-0.2, -0.15) is 0 Å². The quantitative estimate of drug-likeness (QED) is 0.227. The summed E-state index contributed by atoms with van der Waals surface area (Å²) in [6, 6.07) is 19.6. The Kier molecular flexibility index (Phi) is 12.0. The van der Waals surface area contributed by atoms with Gasteiger partial charge in [0.25, 0.3) is 10.0 Å². The zero-order chi connectivity index (χ0) is 30.9. The zero-order valence-corrected chi connectivity index (χ0v) is 27.2. The monoisotopic (exact) mass is 657 g/mol. The average molecular weight is 659 g/mol. The molecule has 3 aromatic carbocycles. The average Bonchev–Trinajstić information content (AvgIpc) is 2.97. The Morgan fingerprint density at radius 1 is 0.929 bits per heavy atom. The van der Waals surface area contributed by atoms with Crippen LogP contribution in [0.2, 0.25) is 0 Å². The lowest BCUT2D eigenvalue weighted by Gasteiger charge is -2.34. The van der Waals surface area contributed by atoms with Crippen LogP contribution in [0.3, 0.4) is 0 Å². The number of aryl methyl sites for hydroxylation is 1. The van der Waals surface area contributed by atoms with Crippen LogP contribution >= 0.6 is 15.9 Å². The van der Waals surface area contributed by atoms with Crippen molar-refractivity contribution in [2.24, 2.45) is 0 Å². The maximum absolute atomic E-state index is 14.2. The molecule has 2 atom stereocenters. The van der Waals surface area contributed by atoms with E-state index in [-0.39, 0.29) is 23.4 Å². The number of carbonyl (C=O) groups is 2. The smallest absolute Gasteiger partial charge is 0.264 e. The third kappa shape index (κ3) is 8.35. The van der Waals surface area contributed by atoms with Gasteiger partial charge in [-0.1, -0.05) is 54.0 Å². The topological polar surface area (TPSA) is 96.0 Å². The summed E-state index contributed by atoms with van der Waals surface area (Å²) in [7, 11) is -4.16. The number of sulfonamides is 1. The number of hydrogen-bond donors (Lipinski definition) is 1. The van der Waals surface area contributed by atoms with Gasteiger partial charge in [0, 0.05) is 17.1 Å². The van der Waals surface area contributed by atoms with Crippen molar-refractivity contribution in [1.82, 2.24) is 10.2 Å². The van der Waals surface area contributed by atoms with E-state index in [1.807, 2.05) is 58.9 Å². The molecular weight excluding hydrogens is 618 g/mol. The molecule has 1 N–H and O–H groups in total. The molecule has 8 nitrogen and oxygen atoms in total. The fourth-order valence-corrected chi connectivity index (χ4v) is 6.15. The van der Waals surface area contributed by atoms with Gasteiger partial charge in [0.05, 0.1) is 17.2 Å². The lowest BCUT2D eigenvalue weighted by molar-refractivity contribution is -0.140. The van der Waals surface area contributed by atoms with Gasteiger partial charge < -0.3 is 15.0 Å². The Morgan fingerprint density at radius 3 is 2.14 bits per heavy atom. The fourth-order valence-electron chi connectivity index (χ4n) is 4.47. The van der Waals surface area contributed by atoms with Crippen LogP contribution in [0.1, 0.15) is 51.7 Å². The van der Waals surface area contributed by atoms with Crippen molar-refractivity contribution in [1.29, 1.82) is 0 Å². The van der Waals surface area contributed by atoms with Crippen molar-refractivity contribution in [2.75, 3.05) is 17.5 Å². The molecule has 0 radical (unpaired) electrons. The summed E-state index contributed by atoms with van der Waals surface area (Å²) in [5.41, 5.74) is 2.16. The molecule has 0 fully saturated rings. The van der Waals surface area contributed by atoms with E-state index in [1.54, 1.807) is 36.4 Å². The molecule has 2 amide bonds. The minimum atomic E-state index is -4.16. The van der Waals surface area contributed by atoms with E-state index < -0.39 is 28.5 Å². The summed E-state index contributed by atoms with van der Waals surface area (Å²) in [5, 5.41) is 3.00. The van der Waals surface area contributed by atoms with Crippen molar-refractivity contribution in [3.05, 3.63) is 88.4 Å². The predicted octanol–water partition coefficient (Wildman–Crippen LogP) is 6.07. The van der Waals surface area contributed by atoms with Gasteiger partial charge in [0.15, 0.2) is 0 Å². The lowest BCUT2D eigenvalue weighted by atomic mass is 10.1. The molecule has 0 heterocycles. The van der Waals surface area contributed by atoms with Crippen molar-refractivity contribution in [3.8, 4) is 5.75 Å². The van der Waals surface area contributed by atoms with Gasteiger partial charge in [0.1, 0.15) is 18.3 Å². The van der Waals surface area contributed by atoms with Gasteiger partial charge in [-0.05, 0) is 93.3 Å². The molecule has 0 aromatic heterocycles. The van der Waals surface area contributed by atoms with Gasteiger partial charge >= 0.3 is 0 Å². The van der Waals surface area contributed by atoms with E-state index >= 15 is 0 Å². The van der Waals surface area contributed by atoms with Crippen LogP contribution in [0.15, 0.2) is 82.2 Å². The van der Waals surface area contributed by atoms with Gasteiger partial charge in [-0.25, -0.2) is 8.42 Å². The van der Waals surface area contributed by atoms with Gasteiger partial charge in [-0.3, -0.25) is 13.9 Å². The molecule has 0 aliphatic rings. The summed E-state index contributed by atoms with van der Waals surface area (Å²) in [5.74, 6) is -0.168. The van der Waals surface area contributed by atoms with E-state index in [0.717, 1.165) is 26.3 Å². The second-order valence-electron chi connectivity index (χ2n) is 10.1. The number of nitrogens with zero attached hydrogens (tertiary/aromatic N) is 2. The second kappa shape index (κ2) is 15.2. The first kappa shape index (κ1) is 33.1. The summed E-state index contributed by atoms with van der Waals surface area (Å²) < 4.78 is 35.4. The highest BCUT2D eigenvalue weighted by Gasteiger charge is 2.34. The number of nitrogens with one attached hydrogen (secondary N) is 1. The third-order valence-electron chi connectivity index (χ3n) is 7.11. The number of anilines is 1. The molecule has 0 spiro atoms. The summed E-state index contributed by atoms with van der Waals surface area (Å²) in [6.45, 7) is 9.68. The Balaban J connectivity index is 2.07. The maximum Gasteiger partial charge on any atom is 0.264 e. The van der Waals surface area contributed by atoms with Crippen LogP contribution in [0.5, 0.6) is 5.75 Å². The van der Waals surface area contributed by atoms with Crippen molar-refractivity contribution < 1.29 is 22.7 Å². The zero-order valence-electron chi connectivity index (χ0n) is 24.8. The first-order chi connectivity index (χ1) is 20.0. The SMILES string of the molecule is CCOc1ccc(N(CC(=O)N(Cc2ccccc2C)[C@@H](CC)C(=O)N[C@@H](C)CC)S(=O)(=O)c2ccc(Br)cc2)cc1. The first-order valence-electron chi connectivity index (χ1n) is 14.2. The Labute approximate surface area is 258 Å². The molecule has 0 unspecified atom stereocenters. The lowest BCUT2D eigenvalue weighted by Crippen LogP contribution is -2.53. The molecule has 10 heteroatoms. The Bertz CT molecular complexity index is 1450. The highest BCUT2D eigenvalue weighted by molar-refractivity contribution is 9.10. The fraction of sp³-hybridized carbons (Fsp3) is 0.375. The maximum atomic E-state index is 14.2. The van der Waals surface area contributed by atoms with Crippen LogP contribution in [0, 0.1) is 6.92 Å². The van der Waals surface area contributed by atoms with Crippen LogP contribution in [-0.4, -0.2) is 50.4 Å². The second-order valence-corrected chi connectivity index (χ2v) is 12.9. The Morgan fingerprint density at radius 2 is 1.57 bits per heavy atom. The molecule has 0 saturated carbocycles.